The second-order valence-corrected chi connectivity index (χ2v) is 5.15. The molecule has 1 aliphatic rings. The number of amides is 1. The first-order valence-corrected chi connectivity index (χ1v) is 6.59. The first-order valence-electron chi connectivity index (χ1n) is 6.59. The average molecular weight is 331 g/mol. The van der Waals surface area contributed by atoms with Crippen molar-refractivity contribution in [3.8, 4) is 0 Å². The van der Waals surface area contributed by atoms with E-state index in [-0.39, 0.29) is 24.2 Å². The van der Waals surface area contributed by atoms with Gasteiger partial charge in [0.25, 0.3) is 5.91 Å². The number of hydrogen-bond donors (Lipinski definition) is 0. The molecule has 1 aliphatic heterocycles. The number of aryl methyl sites for hydroxylation is 1. The number of anilines is 1. The van der Waals surface area contributed by atoms with E-state index in [1.54, 1.807) is 0 Å². The first-order chi connectivity index (χ1) is 10.7. The van der Waals surface area contributed by atoms with E-state index in [0.717, 1.165) is 21.8 Å². The number of alkyl halides is 3. The molecule has 0 saturated heterocycles. The van der Waals surface area contributed by atoms with Gasteiger partial charge in [0, 0.05) is 31.4 Å². The fourth-order valence-electron chi connectivity index (χ4n) is 2.63. The van der Waals surface area contributed by atoms with Crippen LogP contribution in [0.5, 0.6) is 0 Å². The van der Waals surface area contributed by atoms with Gasteiger partial charge in [0.15, 0.2) is 5.69 Å². The van der Waals surface area contributed by atoms with Crippen molar-refractivity contribution >= 4 is 11.6 Å². The predicted molar refractivity (Wildman–Crippen MR) is 69.9 cm³/mol. The van der Waals surface area contributed by atoms with Gasteiger partial charge in [-0.3, -0.25) is 9.48 Å². The smallest absolute Gasteiger partial charge is 0.307 e. The lowest BCUT2D eigenvalue weighted by Crippen LogP contribution is -2.30. The predicted octanol–water partition coefficient (Wildman–Crippen LogP) is 2.92. The molecule has 1 amide bonds. The average Bonchev–Trinajstić information content (AvgIpc) is 3.01. The summed E-state index contributed by atoms with van der Waals surface area (Å²) in [6.45, 7) is -0.0271. The van der Waals surface area contributed by atoms with Gasteiger partial charge < -0.3 is 4.90 Å². The van der Waals surface area contributed by atoms with E-state index in [9.17, 15) is 26.7 Å². The first kappa shape index (κ1) is 15.4. The normalized spacial score (nSPS) is 14.3. The molecule has 0 N–H and O–H groups in total. The number of aromatic nitrogens is 2. The minimum Gasteiger partial charge on any atom is -0.307 e. The highest BCUT2D eigenvalue weighted by atomic mass is 19.4. The van der Waals surface area contributed by atoms with E-state index in [1.807, 2.05) is 0 Å². The van der Waals surface area contributed by atoms with Crippen LogP contribution in [0.1, 0.15) is 21.6 Å². The lowest BCUT2D eigenvalue weighted by Gasteiger charge is -2.17. The molecule has 3 rings (SSSR count). The number of nitrogens with zero attached hydrogens (tertiary/aromatic N) is 3. The van der Waals surface area contributed by atoms with Crippen molar-refractivity contribution in [3.05, 3.63) is 46.8 Å². The molecule has 0 fully saturated rings. The Labute approximate surface area is 127 Å². The Balaban J connectivity index is 2.05. The fraction of sp³-hybridized carbons (Fsp3) is 0.286. The molecular weight excluding hydrogens is 321 g/mol. The zero-order chi connectivity index (χ0) is 16.9. The van der Waals surface area contributed by atoms with Crippen molar-refractivity contribution in [2.24, 2.45) is 7.05 Å². The molecule has 23 heavy (non-hydrogen) atoms. The van der Waals surface area contributed by atoms with Gasteiger partial charge in [-0.2, -0.15) is 18.3 Å². The van der Waals surface area contributed by atoms with Crippen LogP contribution in [0.15, 0.2) is 18.3 Å². The van der Waals surface area contributed by atoms with Crippen LogP contribution in [0.2, 0.25) is 0 Å². The Morgan fingerprint density at radius 2 is 1.96 bits per heavy atom. The number of carbonyl (C=O) groups is 1. The van der Waals surface area contributed by atoms with E-state index in [2.05, 4.69) is 5.10 Å². The van der Waals surface area contributed by atoms with Gasteiger partial charge in [-0.1, -0.05) is 0 Å². The summed E-state index contributed by atoms with van der Waals surface area (Å²) >= 11 is 0. The Kier molecular flexibility index (Phi) is 3.38. The SMILES string of the molecule is Cn1cc(C(=O)N2CCc3c(F)cc(F)cc32)c(C(F)(F)F)n1. The minimum atomic E-state index is -4.80. The molecule has 1 aromatic heterocycles. The van der Waals surface area contributed by atoms with Crippen LogP contribution < -0.4 is 4.90 Å². The van der Waals surface area contributed by atoms with Crippen molar-refractivity contribution in [2.45, 2.75) is 12.6 Å². The Morgan fingerprint density at radius 1 is 1.26 bits per heavy atom. The van der Waals surface area contributed by atoms with Crippen LogP contribution in [0.3, 0.4) is 0 Å². The number of carbonyl (C=O) groups excluding carboxylic acids is 1. The monoisotopic (exact) mass is 331 g/mol. The Hall–Kier alpha value is -2.45. The lowest BCUT2D eigenvalue weighted by atomic mass is 10.1. The van der Waals surface area contributed by atoms with Crippen molar-refractivity contribution in [1.29, 1.82) is 0 Å². The summed E-state index contributed by atoms with van der Waals surface area (Å²) in [6, 6.07) is 1.62. The van der Waals surface area contributed by atoms with E-state index in [0.29, 0.717) is 6.07 Å². The van der Waals surface area contributed by atoms with Crippen molar-refractivity contribution in [2.75, 3.05) is 11.4 Å². The van der Waals surface area contributed by atoms with E-state index in [1.165, 1.54) is 7.05 Å². The molecular formula is C14H10F5N3O. The molecule has 0 spiro atoms. The van der Waals surface area contributed by atoms with E-state index >= 15 is 0 Å². The third-order valence-electron chi connectivity index (χ3n) is 3.59. The van der Waals surface area contributed by atoms with Crippen LogP contribution in [0.25, 0.3) is 0 Å². The summed E-state index contributed by atoms with van der Waals surface area (Å²) in [4.78, 5) is 13.4. The molecule has 0 unspecified atom stereocenters. The highest BCUT2D eigenvalue weighted by molar-refractivity contribution is 6.08. The molecule has 2 heterocycles. The number of rotatable bonds is 1. The Morgan fingerprint density at radius 3 is 2.61 bits per heavy atom. The zero-order valence-corrected chi connectivity index (χ0v) is 11.8. The highest BCUT2D eigenvalue weighted by Gasteiger charge is 2.41. The maximum atomic E-state index is 13.7. The maximum absolute atomic E-state index is 13.7. The number of benzene rings is 1. The third kappa shape index (κ3) is 2.55. The third-order valence-corrected chi connectivity index (χ3v) is 3.59. The van der Waals surface area contributed by atoms with Gasteiger partial charge in [-0.05, 0) is 12.5 Å². The summed E-state index contributed by atoms with van der Waals surface area (Å²) in [5.41, 5.74) is -1.92. The van der Waals surface area contributed by atoms with Crippen LogP contribution in [0.4, 0.5) is 27.6 Å². The zero-order valence-electron chi connectivity index (χ0n) is 11.8. The fourth-order valence-corrected chi connectivity index (χ4v) is 2.63. The van der Waals surface area contributed by atoms with Crippen LogP contribution in [-0.2, 0) is 19.6 Å². The van der Waals surface area contributed by atoms with Crippen molar-refractivity contribution in [1.82, 2.24) is 9.78 Å². The second kappa shape index (κ2) is 5.04. The number of fused-ring (bicyclic) bond motifs is 1. The number of halogens is 5. The van der Waals surface area contributed by atoms with E-state index in [4.69, 9.17) is 0 Å². The standard InChI is InChI=1S/C14H10F5N3O/c1-21-6-9(12(20-21)14(17,18)19)13(23)22-3-2-8-10(16)4-7(15)5-11(8)22/h4-6H,2-3H2,1H3. The largest absolute Gasteiger partial charge is 0.435 e. The summed E-state index contributed by atoms with van der Waals surface area (Å²) < 4.78 is 66.8. The van der Waals surface area contributed by atoms with Crippen LogP contribution in [0, 0.1) is 11.6 Å². The van der Waals surface area contributed by atoms with Crippen LogP contribution in [-0.4, -0.2) is 22.2 Å². The molecule has 0 atom stereocenters. The topological polar surface area (TPSA) is 38.1 Å². The molecule has 122 valence electrons. The van der Waals surface area contributed by atoms with Gasteiger partial charge >= 0.3 is 6.18 Å². The summed E-state index contributed by atoms with van der Waals surface area (Å²) in [5, 5.41) is 3.26. The molecule has 2 aromatic rings. The van der Waals surface area contributed by atoms with Gasteiger partial charge in [0.1, 0.15) is 11.6 Å². The summed E-state index contributed by atoms with van der Waals surface area (Å²) in [6.07, 6.45) is -3.75. The molecule has 4 nitrogen and oxygen atoms in total. The maximum Gasteiger partial charge on any atom is 0.435 e. The van der Waals surface area contributed by atoms with Gasteiger partial charge in [0.2, 0.25) is 0 Å². The lowest BCUT2D eigenvalue weighted by molar-refractivity contribution is -0.141. The van der Waals surface area contributed by atoms with Crippen LogP contribution >= 0.6 is 0 Å². The summed E-state index contributed by atoms with van der Waals surface area (Å²) in [5.74, 6) is -2.71. The molecule has 9 heteroatoms. The van der Waals surface area contributed by atoms with Gasteiger partial charge in [0.05, 0.1) is 11.3 Å². The van der Waals surface area contributed by atoms with Gasteiger partial charge in [-0.25, -0.2) is 8.78 Å². The molecule has 0 bridgehead atoms. The molecule has 0 saturated carbocycles. The second-order valence-electron chi connectivity index (χ2n) is 5.15. The van der Waals surface area contributed by atoms with E-state index < -0.39 is 35.0 Å². The highest BCUT2D eigenvalue weighted by Crippen LogP contribution is 2.35. The summed E-state index contributed by atoms with van der Waals surface area (Å²) in [7, 11) is 1.25. The Bertz CT molecular complexity index is 796. The molecule has 0 aliphatic carbocycles. The molecule has 0 radical (unpaired) electrons. The minimum absolute atomic E-state index is 0.0271. The molecule has 1 aromatic carbocycles. The van der Waals surface area contributed by atoms with Crippen molar-refractivity contribution < 1.29 is 26.7 Å². The quantitative estimate of drug-likeness (QED) is 0.754. The number of hydrogen-bond acceptors (Lipinski definition) is 2. The van der Waals surface area contributed by atoms with Gasteiger partial charge in [-0.15, -0.1) is 0 Å². The van der Waals surface area contributed by atoms with Crippen molar-refractivity contribution in [3.63, 3.8) is 0 Å².